The number of carbonyl (C=O) groups excluding carboxylic acids is 2. The Bertz CT molecular complexity index is 577. The lowest BCUT2D eigenvalue weighted by molar-refractivity contribution is -0.142. The summed E-state index contributed by atoms with van der Waals surface area (Å²) in [4.78, 5) is 25.1. The molecule has 1 aliphatic rings. The highest BCUT2D eigenvalue weighted by Crippen LogP contribution is 2.24. The third-order valence-electron chi connectivity index (χ3n) is 4.07. The zero-order chi connectivity index (χ0) is 16.8. The van der Waals surface area contributed by atoms with Crippen molar-refractivity contribution in [3.63, 3.8) is 0 Å². The van der Waals surface area contributed by atoms with E-state index >= 15 is 0 Å². The maximum atomic E-state index is 13.2. The lowest BCUT2D eigenvalue weighted by Gasteiger charge is -2.35. The molecule has 2 rings (SSSR count). The van der Waals surface area contributed by atoms with Crippen LogP contribution in [0.1, 0.15) is 31.2 Å². The Morgan fingerprint density at radius 3 is 2.87 bits per heavy atom. The van der Waals surface area contributed by atoms with Crippen molar-refractivity contribution in [1.82, 2.24) is 5.32 Å². The summed E-state index contributed by atoms with van der Waals surface area (Å²) < 4.78 is 17.8. The number of nitrogens with one attached hydrogen (secondary N) is 1. The van der Waals surface area contributed by atoms with Gasteiger partial charge in [-0.05, 0) is 43.5 Å². The summed E-state index contributed by atoms with van der Waals surface area (Å²) in [5.74, 6) is -0.763. The van der Waals surface area contributed by atoms with E-state index in [9.17, 15) is 14.0 Å². The Balaban J connectivity index is 1.90. The summed E-state index contributed by atoms with van der Waals surface area (Å²) in [5.41, 5.74) is 1.89. The number of aryl methyl sites for hydroxylation is 1. The second-order valence-corrected chi connectivity index (χ2v) is 5.86. The average Bonchev–Trinajstić information content (AvgIpc) is 2.52. The average molecular weight is 322 g/mol. The Kier molecular flexibility index (Phi) is 5.96. The minimum atomic E-state index is -0.382. The molecule has 5 nitrogen and oxygen atoms in total. The van der Waals surface area contributed by atoms with E-state index in [-0.39, 0.29) is 36.6 Å². The lowest BCUT2D eigenvalue weighted by Crippen LogP contribution is -2.48. The molecule has 0 spiro atoms. The standard InChI is InChI=1S/C17H23FN2O3/c1-12-10-13(18)5-6-15(12)20-9-3-4-14(11-20)19-16(21)7-8-17(22)23-2/h5-6,10,14H,3-4,7-9,11H2,1-2H3,(H,19,21)/t14-/m1/s1. The van der Waals surface area contributed by atoms with Crippen molar-refractivity contribution in [2.45, 2.75) is 38.6 Å². The molecule has 1 N–H and O–H groups in total. The number of rotatable bonds is 5. The van der Waals surface area contributed by atoms with Crippen LogP contribution < -0.4 is 10.2 Å². The van der Waals surface area contributed by atoms with Crippen LogP contribution in [0.3, 0.4) is 0 Å². The predicted molar refractivity (Wildman–Crippen MR) is 85.8 cm³/mol. The van der Waals surface area contributed by atoms with Gasteiger partial charge in [-0.25, -0.2) is 4.39 Å². The van der Waals surface area contributed by atoms with Crippen LogP contribution in [-0.4, -0.2) is 38.1 Å². The van der Waals surface area contributed by atoms with Gasteiger partial charge in [0.2, 0.25) is 5.91 Å². The minimum absolute atomic E-state index is 0.0401. The Labute approximate surface area is 135 Å². The highest BCUT2D eigenvalue weighted by Gasteiger charge is 2.22. The van der Waals surface area contributed by atoms with Gasteiger partial charge >= 0.3 is 5.97 Å². The quantitative estimate of drug-likeness (QED) is 0.844. The largest absolute Gasteiger partial charge is 0.469 e. The molecule has 1 heterocycles. The van der Waals surface area contributed by atoms with Gasteiger partial charge in [0.05, 0.1) is 13.5 Å². The van der Waals surface area contributed by atoms with Gasteiger partial charge in [0.15, 0.2) is 0 Å². The summed E-state index contributed by atoms with van der Waals surface area (Å²) in [6.45, 7) is 3.47. The molecule has 1 fully saturated rings. The number of halogens is 1. The van der Waals surface area contributed by atoms with Crippen molar-refractivity contribution in [3.8, 4) is 0 Å². The topological polar surface area (TPSA) is 58.6 Å². The van der Waals surface area contributed by atoms with Gasteiger partial charge in [-0.3, -0.25) is 9.59 Å². The van der Waals surface area contributed by atoms with Crippen molar-refractivity contribution in [1.29, 1.82) is 0 Å². The highest BCUT2D eigenvalue weighted by atomic mass is 19.1. The summed E-state index contributed by atoms with van der Waals surface area (Å²) >= 11 is 0. The van der Waals surface area contributed by atoms with Gasteiger partial charge in [0.1, 0.15) is 5.82 Å². The van der Waals surface area contributed by atoms with Crippen molar-refractivity contribution in [2.75, 3.05) is 25.1 Å². The van der Waals surface area contributed by atoms with E-state index in [0.29, 0.717) is 6.54 Å². The molecule has 126 valence electrons. The number of piperidine rings is 1. The second kappa shape index (κ2) is 7.94. The number of esters is 1. The highest BCUT2D eigenvalue weighted by molar-refractivity contribution is 5.81. The third-order valence-corrected chi connectivity index (χ3v) is 4.07. The van der Waals surface area contributed by atoms with E-state index in [4.69, 9.17) is 0 Å². The molecule has 0 saturated carbocycles. The van der Waals surface area contributed by atoms with Gasteiger partial charge in [0.25, 0.3) is 0 Å². The van der Waals surface area contributed by atoms with Crippen LogP contribution in [0.25, 0.3) is 0 Å². The molecule has 6 heteroatoms. The van der Waals surface area contributed by atoms with E-state index in [1.807, 2.05) is 6.92 Å². The number of hydrogen-bond donors (Lipinski definition) is 1. The molecule has 1 aromatic carbocycles. The van der Waals surface area contributed by atoms with Crippen LogP contribution in [0.2, 0.25) is 0 Å². The first-order valence-corrected chi connectivity index (χ1v) is 7.87. The zero-order valence-electron chi connectivity index (χ0n) is 13.6. The molecule has 1 amide bonds. The zero-order valence-corrected chi connectivity index (χ0v) is 13.6. The number of hydrogen-bond acceptors (Lipinski definition) is 4. The maximum Gasteiger partial charge on any atom is 0.306 e. The molecule has 0 aliphatic carbocycles. The predicted octanol–water partition coefficient (Wildman–Crippen LogP) is 2.17. The Hall–Kier alpha value is -2.11. The molecule has 1 aromatic rings. The first-order chi connectivity index (χ1) is 11.0. The molecular formula is C17H23FN2O3. The number of benzene rings is 1. The summed E-state index contributed by atoms with van der Waals surface area (Å²) in [6.07, 6.45) is 2.09. The van der Waals surface area contributed by atoms with Crippen LogP contribution in [-0.2, 0) is 14.3 Å². The number of methoxy groups -OCH3 is 1. The van der Waals surface area contributed by atoms with Crippen molar-refractivity contribution in [2.24, 2.45) is 0 Å². The van der Waals surface area contributed by atoms with Gasteiger partial charge in [-0.1, -0.05) is 0 Å². The molecule has 0 unspecified atom stereocenters. The Morgan fingerprint density at radius 1 is 1.39 bits per heavy atom. The third kappa shape index (κ3) is 4.94. The van der Waals surface area contributed by atoms with Gasteiger partial charge in [-0.2, -0.15) is 0 Å². The molecule has 1 atom stereocenters. The first-order valence-electron chi connectivity index (χ1n) is 7.87. The molecule has 1 saturated heterocycles. The maximum absolute atomic E-state index is 13.2. The fourth-order valence-electron chi connectivity index (χ4n) is 2.90. The summed E-state index contributed by atoms with van der Waals surface area (Å²) in [6, 6.07) is 4.80. The lowest BCUT2D eigenvalue weighted by atomic mass is 10.0. The SMILES string of the molecule is COC(=O)CCC(=O)N[C@@H]1CCCN(c2ccc(F)cc2C)C1. The van der Waals surface area contributed by atoms with Crippen molar-refractivity contribution >= 4 is 17.6 Å². The minimum Gasteiger partial charge on any atom is -0.469 e. The molecule has 0 bridgehead atoms. The molecule has 23 heavy (non-hydrogen) atoms. The molecule has 0 aromatic heterocycles. The number of amides is 1. The van der Waals surface area contributed by atoms with Crippen molar-refractivity contribution in [3.05, 3.63) is 29.6 Å². The number of carbonyl (C=O) groups is 2. The van der Waals surface area contributed by atoms with Crippen LogP contribution in [0.4, 0.5) is 10.1 Å². The van der Waals surface area contributed by atoms with Crippen LogP contribution in [0.15, 0.2) is 18.2 Å². The van der Waals surface area contributed by atoms with Crippen molar-refractivity contribution < 1.29 is 18.7 Å². The van der Waals surface area contributed by atoms with Crippen LogP contribution >= 0.6 is 0 Å². The van der Waals surface area contributed by atoms with Crippen LogP contribution in [0, 0.1) is 12.7 Å². The normalized spacial score (nSPS) is 17.7. The Morgan fingerprint density at radius 2 is 2.17 bits per heavy atom. The first kappa shape index (κ1) is 17.2. The summed E-state index contributed by atoms with van der Waals surface area (Å²) in [7, 11) is 1.31. The molecule has 0 radical (unpaired) electrons. The number of ether oxygens (including phenoxy) is 1. The van der Waals surface area contributed by atoms with Gasteiger partial charge < -0.3 is 15.0 Å². The second-order valence-electron chi connectivity index (χ2n) is 5.86. The monoisotopic (exact) mass is 322 g/mol. The smallest absolute Gasteiger partial charge is 0.306 e. The molecule has 1 aliphatic heterocycles. The van der Waals surface area contributed by atoms with E-state index in [2.05, 4.69) is 15.0 Å². The van der Waals surface area contributed by atoms with E-state index < -0.39 is 0 Å². The fourth-order valence-corrected chi connectivity index (χ4v) is 2.90. The van der Waals surface area contributed by atoms with E-state index in [1.54, 1.807) is 6.07 Å². The fraction of sp³-hybridized carbons (Fsp3) is 0.529. The van der Waals surface area contributed by atoms with Crippen LogP contribution in [0.5, 0.6) is 0 Å². The van der Waals surface area contributed by atoms with E-state index in [0.717, 1.165) is 30.6 Å². The number of anilines is 1. The van der Waals surface area contributed by atoms with Gasteiger partial charge in [0, 0.05) is 31.2 Å². The summed E-state index contributed by atoms with van der Waals surface area (Å²) in [5, 5.41) is 2.97. The molecular weight excluding hydrogens is 299 g/mol. The number of nitrogens with zero attached hydrogens (tertiary/aromatic N) is 1. The van der Waals surface area contributed by atoms with E-state index in [1.165, 1.54) is 19.2 Å². The van der Waals surface area contributed by atoms with Gasteiger partial charge in [-0.15, -0.1) is 0 Å².